The third-order valence-corrected chi connectivity index (χ3v) is 12.6. The Balaban J connectivity index is 1.14. The quantitative estimate of drug-likeness (QED) is 0.484. The molecular weight excluding hydrogens is 484 g/mol. The van der Waals surface area contributed by atoms with Crippen molar-refractivity contribution >= 4 is 11.6 Å². The van der Waals surface area contributed by atoms with E-state index in [2.05, 4.69) is 20.8 Å². The van der Waals surface area contributed by atoms with Crippen LogP contribution >= 0.6 is 0 Å². The molecule has 10 atom stereocenters. The second-order valence-corrected chi connectivity index (χ2v) is 14.1. The van der Waals surface area contributed by atoms with Gasteiger partial charge in [0.05, 0.1) is 17.9 Å². The molecule has 4 saturated carbocycles. The Morgan fingerprint density at radius 1 is 1.05 bits per heavy atom. The standard InChI is InChI=1S/C32H45F2NO3/c1-18(4-9-27(38)35-15-12-19-5-8-25(33)29(34)30(19)35)22-6-7-23-28-24(11-14-32(22,23)3)31(2)13-10-21(36)16-20(31)17-26(28)37/h5,8,18,20-24,26,28,36-37H,4,6-7,9-17H2,1-3H3/t18-,20+,21-,22-,23+,24+,26-,28+,31+,32-/m1/s1. The van der Waals surface area contributed by atoms with Crippen molar-refractivity contribution in [3.05, 3.63) is 29.3 Å². The average Bonchev–Trinajstić information content (AvgIpc) is 3.47. The SMILES string of the molecule is C[C@H](CCC(=O)N1CCc2ccc(F)c(F)c21)[C@H]1CC[C@H]2[C@@H]3[C@H](O)C[C@@H]4C[C@H](O)CC[C@]4(C)[C@H]3CC[C@]12C. The predicted molar refractivity (Wildman–Crippen MR) is 143 cm³/mol. The van der Waals surface area contributed by atoms with Crippen molar-refractivity contribution in [1.82, 2.24) is 0 Å². The van der Waals surface area contributed by atoms with E-state index in [0.717, 1.165) is 57.4 Å². The number of rotatable bonds is 4. The van der Waals surface area contributed by atoms with Gasteiger partial charge in [-0.25, -0.2) is 8.78 Å². The van der Waals surface area contributed by atoms with Crippen molar-refractivity contribution < 1.29 is 23.8 Å². The summed E-state index contributed by atoms with van der Waals surface area (Å²) >= 11 is 0. The highest BCUT2D eigenvalue weighted by molar-refractivity contribution is 5.95. The number of halogens is 2. The molecule has 0 aromatic heterocycles. The van der Waals surface area contributed by atoms with Crippen molar-refractivity contribution in [3.8, 4) is 0 Å². The first-order valence-electron chi connectivity index (χ1n) is 15.2. The number of fused-ring (bicyclic) bond motifs is 6. The van der Waals surface area contributed by atoms with Crippen molar-refractivity contribution in [2.75, 3.05) is 11.4 Å². The zero-order valence-electron chi connectivity index (χ0n) is 23.3. The molecule has 1 aromatic rings. The summed E-state index contributed by atoms with van der Waals surface area (Å²) in [6.07, 6.45) is 9.40. The summed E-state index contributed by atoms with van der Waals surface area (Å²) in [5.41, 5.74) is 1.24. The predicted octanol–water partition coefficient (Wildman–Crippen LogP) is 6.26. The maximum Gasteiger partial charge on any atom is 0.227 e. The summed E-state index contributed by atoms with van der Waals surface area (Å²) in [4.78, 5) is 14.6. The van der Waals surface area contributed by atoms with Crippen molar-refractivity contribution in [2.24, 2.45) is 46.3 Å². The van der Waals surface area contributed by atoms with Gasteiger partial charge in [-0.05, 0) is 122 Å². The zero-order chi connectivity index (χ0) is 27.0. The minimum Gasteiger partial charge on any atom is -0.393 e. The molecule has 1 aromatic carbocycles. The number of anilines is 1. The van der Waals surface area contributed by atoms with Crippen molar-refractivity contribution in [3.63, 3.8) is 0 Å². The van der Waals surface area contributed by atoms with Crippen LogP contribution in [0.2, 0.25) is 0 Å². The van der Waals surface area contributed by atoms with E-state index in [9.17, 15) is 23.8 Å². The van der Waals surface area contributed by atoms with E-state index in [1.165, 1.54) is 11.3 Å². The van der Waals surface area contributed by atoms with Crippen LogP contribution in [0.3, 0.4) is 0 Å². The molecule has 1 amide bonds. The lowest BCUT2D eigenvalue weighted by atomic mass is 9.43. The highest BCUT2D eigenvalue weighted by Gasteiger charge is 2.62. The van der Waals surface area contributed by atoms with E-state index >= 15 is 0 Å². The molecule has 0 unspecified atom stereocenters. The average molecular weight is 530 g/mol. The van der Waals surface area contributed by atoms with Crippen LogP contribution in [0.25, 0.3) is 0 Å². The Labute approximate surface area is 226 Å². The van der Waals surface area contributed by atoms with Gasteiger partial charge in [-0.1, -0.05) is 26.8 Å². The first kappa shape index (κ1) is 26.7. The molecule has 4 aliphatic carbocycles. The summed E-state index contributed by atoms with van der Waals surface area (Å²) < 4.78 is 28.4. The monoisotopic (exact) mass is 529 g/mol. The summed E-state index contributed by atoms with van der Waals surface area (Å²) in [6.45, 7) is 7.59. The molecule has 1 aliphatic heterocycles. The summed E-state index contributed by atoms with van der Waals surface area (Å²) in [5, 5.41) is 21.8. The van der Waals surface area contributed by atoms with Crippen LogP contribution in [0.4, 0.5) is 14.5 Å². The molecule has 0 bridgehead atoms. The Morgan fingerprint density at radius 2 is 1.79 bits per heavy atom. The Hall–Kier alpha value is -1.53. The van der Waals surface area contributed by atoms with Crippen LogP contribution in [0.15, 0.2) is 12.1 Å². The fourth-order valence-electron chi connectivity index (χ4n) is 10.5. The maximum atomic E-state index is 14.5. The molecule has 4 nitrogen and oxygen atoms in total. The van der Waals surface area contributed by atoms with Crippen LogP contribution in [-0.2, 0) is 11.2 Å². The van der Waals surface area contributed by atoms with E-state index in [1.807, 2.05) is 0 Å². The third-order valence-electron chi connectivity index (χ3n) is 12.6. The minimum atomic E-state index is -0.904. The van der Waals surface area contributed by atoms with Crippen LogP contribution < -0.4 is 4.90 Å². The van der Waals surface area contributed by atoms with Gasteiger partial charge < -0.3 is 15.1 Å². The lowest BCUT2D eigenvalue weighted by Crippen LogP contribution is -2.58. The van der Waals surface area contributed by atoms with Gasteiger partial charge in [-0.15, -0.1) is 0 Å². The fraction of sp³-hybridized carbons (Fsp3) is 0.781. The van der Waals surface area contributed by atoms with Gasteiger partial charge >= 0.3 is 0 Å². The number of carbonyl (C=O) groups is 1. The molecule has 0 radical (unpaired) electrons. The number of hydrogen-bond acceptors (Lipinski definition) is 3. The van der Waals surface area contributed by atoms with Gasteiger partial charge in [0.15, 0.2) is 11.6 Å². The second kappa shape index (κ2) is 9.54. The molecule has 6 rings (SSSR count). The van der Waals surface area contributed by atoms with Crippen LogP contribution in [0.1, 0.15) is 90.5 Å². The number of aliphatic hydroxyl groups is 2. The molecule has 0 saturated heterocycles. The van der Waals surface area contributed by atoms with Gasteiger partial charge in [-0.2, -0.15) is 0 Å². The number of benzene rings is 1. The molecular formula is C32H45F2NO3. The second-order valence-electron chi connectivity index (χ2n) is 14.1. The number of hydrogen-bond donors (Lipinski definition) is 2. The highest BCUT2D eigenvalue weighted by atomic mass is 19.2. The lowest BCUT2D eigenvalue weighted by molar-refractivity contribution is -0.174. The van der Waals surface area contributed by atoms with E-state index < -0.39 is 11.6 Å². The van der Waals surface area contributed by atoms with E-state index in [-0.39, 0.29) is 34.6 Å². The zero-order valence-corrected chi connectivity index (χ0v) is 23.3. The van der Waals surface area contributed by atoms with E-state index in [0.29, 0.717) is 60.5 Å². The summed E-state index contributed by atoms with van der Waals surface area (Å²) in [6, 6.07) is 2.74. The number of amides is 1. The molecule has 0 spiro atoms. The van der Waals surface area contributed by atoms with E-state index in [1.54, 1.807) is 6.07 Å². The van der Waals surface area contributed by atoms with Crippen molar-refractivity contribution in [2.45, 2.75) is 104 Å². The van der Waals surface area contributed by atoms with Crippen LogP contribution in [0.5, 0.6) is 0 Å². The van der Waals surface area contributed by atoms with Crippen molar-refractivity contribution in [1.29, 1.82) is 0 Å². The minimum absolute atomic E-state index is 0.107. The fourth-order valence-corrected chi connectivity index (χ4v) is 10.5. The van der Waals surface area contributed by atoms with Gasteiger partial charge in [0, 0.05) is 13.0 Å². The topological polar surface area (TPSA) is 60.8 Å². The number of nitrogens with zero attached hydrogens (tertiary/aromatic N) is 1. The van der Waals surface area contributed by atoms with Gasteiger partial charge in [-0.3, -0.25) is 4.79 Å². The van der Waals surface area contributed by atoms with Crippen LogP contribution in [-0.4, -0.2) is 34.9 Å². The first-order valence-corrected chi connectivity index (χ1v) is 15.2. The van der Waals surface area contributed by atoms with Gasteiger partial charge in [0.25, 0.3) is 0 Å². The van der Waals surface area contributed by atoms with E-state index in [4.69, 9.17) is 0 Å². The molecule has 5 aliphatic rings. The maximum absolute atomic E-state index is 14.5. The summed E-state index contributed by atoms with van der Waals surface area (Å²) in [7, 11) is 0. The molecule has 210 valence electrons. The molecule has 6 heteroatoms. The molecule has 2 N–H and O–H groups in total. The molecule has 4 fully saturated rings. The molecule has 1 heterocycles. The lowest BCUT2D eigenvalue weighted by Gasteiger charge is -2.62. The van der Waals surface area contributed by atoms with Crippen LogP contribution in [0, 0.1) is 58.0 Å². The normalized spacial score (nSPS) is 42.7. The Morgan fingerprint density at radius 3 is 2.58 bits per heavy atom. The number of aliphatic hydroxyl groups excluding tert-OH is 2. The molecule has 38 heavy (non-hydrogen) atoms. The number of carbonyl (C=O) groups excluding carboxylic acids is 1. The van der Waals surface area contributed by atoms with Gasteiger partial charge in [0.2, 0.25) is 5.91 Å². The first-order chi connectivity index (χ1) is 18.0. The summed E-state index contributed by atoms with van der Waals surface area (Å²) in [5.74, 6) is 0.752. The van der Waals surface area contributed by atoms with Gasteiger partial charge in [0.1, 0.15) is 0 Å². The largest absolute Gasteiger partial charge is 0.393 e. The Kier molecular flexibility index (Phi) is 6.70. The smallest absolute Gasteiger partial charge is 0.227 e. The highest BCUT2D eigenvalue weighted by Crippen LogP contribution is 2.68. The third kappa shape index (κ3) is 3.98. The Bertz CT molecular complexity index is 1090.